The fraction of sp³-hybridized carbons (Fsp3) is 0.684. The molecule has 9 heteroatoms. The first-order valence-corrected chi connectivity index (χ1v) is 11.1. The summed E-state index contributed by atoms with van der Waals surface area (Å²) in [7, 11) is 3.20. The van der Waals surface area contributed by atoms with Crippen molar-refractivity contribution in [2.45, 2.75) is 36.6 Å². The van der Waals surface area contributed by atoms with E-state index >= 15 is 0 Å². The van der Waals surface area contributed by atoms with E-state index in [0.29, 0.717) is 17.0 Å². The quantitative estimate of drug-likeness (QED) is 0.542. The molecule has 2 aliphatic rings. The van der Waals surface area contributed by atoms with Gasteiger partial charge in [-0.25, -0.2) is 14.8 Å². The van der Waals surface area contributed by atoms with Crippen LogP contribution in [0.25, 0.3) is 11.0 Å². The number of hydrogen-bond donors (Lipinski definition) is 1. The summed E-state index contributed by atoms with van der Waals surface area (Å²) < 4.78 is 8.05. The fourth-order valence-electron chi connectivity index (χ4n) is 4.12. The Kier molecular flexibility index (Phi) is 5.84. The number of morpholine rings is 1. The van der Waals surface area contributed by atoms with E-state index in [2.05, 4.69) is 4.98 Å². The van der Waals surface area contributed by atoms with E-state index in [1.165, 1.54) is 29.4 Å². The molecule has 0 radical (unpaired) electrons. The molecule has 1 N–H and O–H groups in total. The van der Waals surface area contributed by atoms with Crippen molar-refractivity contribution in [2.24, 2.45) is 14.1 Å². The topological polar surface area (TPSA) is 83.4 Å². The SMILES string of the molecule is Cn1c(=O)c2c(SCC[NH+]3CCOCC3)nc(C3CCCC3)nc2n(C)c1=O. The van der Waals surface area contributed by atoms with Crippen molar-refractivity contribution in [1.82, 2.24) is 19.1 Å². The fourth-order valence-corrected chi connectivity index (χ4v) is 5.18. The number of nitrogens with zero attached hydrogens (tertiary/aromatic N) is 4. The lowest BCUT2D eigenvalue weighted by molar-refractivity contribution is -0.905. The Hall–Kier alpha value is -1.71. The largest absolute Gasteiger partial charge is 0.370 e. The maximum absolute atomic E-state index is 12.9. The number of thioether (sulfide) groups is 1. The molecular weight excluding hydrogens is 378 g/mol. The van der Waals surface area contributed by atoms with Gasteiger partial charge in [-0.1, -0.05) is 24.6 Å². The summed E-state index contributed by atoms with van der Waals surface area (Å²) in [6.45, 7) is 4.67. The smallest absolute Gasteiger partial charge is 0.332 e. The van der Waals surface area contributed by atoms with Crippen molar-refractivity contribution >= 4 is 22.8 Å². The second kappa shape index (κ2) is 8.34. The first-order valence-electron chi connectivity index (χ1n) is 10.1. The second-order valence-electron chi connectivity index (χ2n) is 7.73. The third kappa shape index (κ3) is 3.75. The van der Waals surface area contributed by atoms with Gasteiger partial charge in [0.15, 0.2) is 5.65 Å². The normalized spacial score (nSPS) is 18.9. The summed E-state index contributed by atoms with van der Waals surface area (Å²) in [5, 5.41) is 1.18. The van der Waals surface area contributed by atoms with Crippen LogP contribution in [0.2, 0.25) is 0 Å². The number of fused-ring (bicyclic) bond motifs is 1. The van der Waals surface area contributed by atoms with Crippen LogP contribution in [0, 0.1) is 0 Å². The number of nitrogens with one attached hydrogen (secondary N) is 1. The molecule has 4 rings (SSSR count). The summed E-state index contributed by atoms with van der Waals surface area (Å²) in [5.74, 6) is 1.99. The van der Waals surface area contributed by atoms with E-state index in [1.807, 2.05) is 0 Å². The first kappa shape index (κ1) is 19.6. The number of quaternary nitrogens is 1. The molecule has 1 saturated carbocycles. The molecule has 2 aromatic heterocycles. The summed E-state index contributed by atoms with van der Waals surface area (Å²) in [4.78, 5) is 36.3. The first-order chi connectivity index (χ1) is 13.6. The van der Waals surface area contributed by atoms with Crippen LogP contribution in [0.4, 0.5) is 0 Å². The number of aromatic nitrogens is 4. The van der Waals surface area contributed by atoms with Crippen molar-refractivity contribution in [3.05, 3.63) is 26.7 Å². The zero-order valence-corrected chi connectivity index (χ0v) is 17.4. The molecule has 0 aromatic carbocycles. The molecule has 1 aliphatic carbocycles. The van der Waals surface area contributed by atoms with Gasteiger partial charge in [0.2, 0.25) is 0 Å². The molecule has 0 amide bonds. The second-order valence-corrected chi connectivity index (χ2v) is 8.82. The van der Waals surface area contributed by atoms with Crippen molar-refractivity contribution in [3.63, 3.8) is 0 Å². The highest BCUT2D eigenvalue weighted by Crippen LogP contribution is 2.34. The maximum Gasteiger partial charge on any atom is 0.332 e. The molecule has 1 aliphatic heterocycles. The highest BCUT2D eigenvalue weighted by molar-refractivity contribution is 7.99. The number of ether oxygens (including phenoxy) is 1. The van der Waals surface area contributed by atoms with Gasteiger partial charge in [0.25, 0.3) is 5.56 Å². The van der Waals surface area contributed by atoms with Crippen LogP contribution in [0.5, 0.6) is 0 Å². The molecule has 28 heavy (non-hydrogen) atoms. The van der Waals surface area contributed by atoms with Gasteiger partial charge >= 0.3 is 5.69 Å². The Labute approximate surface area is 167 Å². The number of rotatable bonds is 5. The maximum atomic E-state index is 12.9. The molecular formula is C19H28N5O3S+. The average molecular weight is 407 g/mol. The van der Waals surface area contributed by atoms with Gasteiger partial charge in [-0.05, 0) is 12.8 Å². The van der Waals surface area contributed by atoms with E-state index in [1.54, 1.807) is 18.8 Å². The van der Waals surface area contributed by atoms with Gasteiger partial charge in [-0.2, -0.15) is 0 Å². The Bertz CT molecular complexity index is 974. The summed E-state index contributed by atoms with van der Waals surface area (Å²) in [6, 6.07) is 0. The van der Waals surface area contributed by atoms with Gasteiger partial charge in [-0.15, -0.1) is 0 Å². The molecule has 152 valence electrons. The highest BCUT2D eigenvalue weighted by atomic mass is 32.2. The van der Waals surface area contributed by atoms with Crippen molar-refractivity contribution < 1.29 is 9.64 Å². The van der Waals surface area contributed by atoms with Crippen LogP contribution in [0.3, 0.4) is 0 Å². The molecule has 3 heterocycles. The van der Waals surface area contributed by atoms with E-state index in [4.69, 9.17) is 9.72 Å². The summed E-state index contributed by atoms with van der Waals surface area (Å²) in [6.07, 6.45) is 4.52. The zero-order chi connectivity index (χ0) is 19.7. The van der Waals surface area contributed by atoms with Gasteiger partial charge in [0.05, 0.1) is 19.8 Å². The van der Waals surface area contributed by atoms with Crippen LogP contribution in [0.1, 0.15) is 37.4 Å². The monoisotopic (exact) mass is 406 g/mol. The Morgan fingerprint density at radius 2 is 1.82 bits per heavy atom. The van der Waals surface area contributed by atoms with Crippen LogP contribution in [0.15, 0.2) is 14.6 Å². The lowest BCUT2D eigenvalue weighted by Gasteiger charge is -2.23. The van der Waals surface area contributed by atoms with Crippen LogP contribution >= 0.6 is 11.8 Å². The van der Waals surface area contributed by atoms with Gasteiger partial charge in [0, 0.05) is 25.8 Å². The third-order valence-electron chi connectivity index (χ3n) is 5.90. The summed E-state index contributed by atoms with van der Waals surface area (Å²) >= 11 is 1.61. The van der Waals surface area contributed by atoms with E-state index < -0.39 is 0 Å². The molecule has 0 unspecified atom stereocenters. The van der Waals surface area contributed by atoms with E-state index in [9.17, 15) is 9.59 Å². The Balaban J connectivity index is 1.71. The van der Waals surface area contributed by atoms with Crippen LogP contribution in [-0.2, 0) is 18.8 Å². The zero-order valence-electron chi connectivity index (χ0n) is 16.6. The average Bonchev–Trinajstić information content (AvgIpc) is 3.26. The van der Waals surface area contributed by atoms with E-state index in [0.717, 1.165) is 66.9 Å². The Morgan fingerprint density at radius 1 is 1.11 bits per heavy atom. The van der Waals surface area contributed by atoms with Gasteiger partial charge in [0.1, 0.15) is 29.3 Å². The van der Waals surface area contributed by atoms with Crippen LogP contribution < -0.4 is 16.1 Å². The molecule has 0 bridgehead atoms. The van der Waals surface area contributed by atoms with Crippen molar-refractivity contribution in [2.75, 3.05) is 38.6 Å². The lowest BCUT2D eigenvalue weighted by atomic mass is 10.1. The minimum Gasteiger partial charge on any atom is -0.370 e. The molecule has 1 saturated heterocycles. The lowest BCUT2D eigenvalue weighted by Crippen LogP contribution is -3.14. The predicted octanol–water partition coefficient (Wildman–Crippen LogP) is -0.308. The van der Waals surface area contributed by atoms with Crippen molar-refractivity contribution in [1.29, 1.82) is 0 Å². The van der Waals surface area contributed by atoms with Crippen LogP contribution in [-0.4, -0.2) is 57.7 Å². The minimum atomic E-state index is -0.345. The molecule has 0 spiro atoms. The molecule has 2 fully saturated rings. The van der Waals surface area contributed by atoms with Gasteiger partial charge < -0.3 is 9.64 Å². The number of aryl methyl sites for hydroxylation is 1. The third-order valence-corrected chi connectivity index (χ3v) is 6.88. The standard InChI is InChI=1S/C19H27N5O3S/c1-22-16-14(18(25)23(2)19(22)26)17(21-15(20-16)13-5-3-4-6-13)28-12-9-24-7-10-27-11-8-24/h13H,3-12H2,1-2H3/p+1. The number of hydrogen-bond acceptors (Lipinski definition) is 6. The molecule has 0 atom stereocenters. The molecule has 8 nitrogen and oxygen atoms in total. The van der Waals surface area contributed by atoms with Gasteiger partial charge in [-0.3, -0.25) is 13.9 Å². The Morgan fingerprint density at radius 3 is 2.54 bits per heavy atom. The summed E-state index contributed by atoms with van der Waals surface area (Å²) in [5.41, 5.74) is -0.189. The van der Waals surface area contributed by atoms with E-state index in [-0.39, 0.29) is 11.2 Å². The predicted molar refractivity (Wildman–Crippen MR) is 108 cm³/mol. The minimum absolute atomic E-state index is 0.308. The van der Waals surface area contributed by atoms with Crippen molar-refractivity contribution in [3.8, 4) is 0 Å². The highest BCUT2D eigenvalue weighted by Gasteiger charge is 2.24. The molecule has 2 aromatic rings.